The molecule has 0 aliphatic carbocycles. The predicted octanol–water partition coefficient (Wildman–Crippen LogP) is 1.44. The molecule has 2 aromatic rings. The van der Waals surface area contributed by atoms with Crippen LogP contribution < -0.4 is 21.7 Å². The number of halogens is 1. The van der Waals surface area contributed by atoms with Crippen LogP contribution in [-0.4, -0.2) is 21.0 Å². The first kappa shape index (κ1) is 17.8. The van der Waals surface area contributed by atoms with E-state index in [1.807, 2.05) is 0 Å². The molecular formula is C14H14FN5O2S2. The van der Waals surface area contributed by atoms with E-state index >= 15 is 0 Å². The van der Waals surface area contributed by atoms with Crippen molar-refractivity contribution in [3.63, 3.8) is 0 Å². The van der Waals surface area contributed by atoms with Crippen molar-refractivity contribution in [3.8, 4) is 0 Å². The lowest BCUT2D eigenvalue weighted by atomic mass is 10.2. The highest BCUT2D eigenvalue weighted by Gasteiger charge is 2.06. The Kier molecular flexibility index (Phi) is 5.77. The maximum absolute atomic E-state index is 13.4. The van der Waals surface area contributed by atoms with Gasteiger partial charge >= 0.3 is 0 Å². The Morgan fingerprint density at radius 1 is 1.25 bits per heavy atom. The topological polar surface area (TPSA) is 102 Å². The van der Waals surface area contributed by atoms with Crippen LogP contribution in [0, 0.1) is 17.5 Å². The summed E-state index contributed by atoms with van der Waals surface area (Å²) in [5.41, 5.74) is 5.78. The Bertz CT molecular complexity index is 865. The third-order valence-electron chi connectivity index (χ3n) is 2.91. The molecule has 0 spiro atoms. The number of hydrogen-bond acceptors (Lipinski definition) is 4. The normalized spacial score (nSPS) is 10.1. The highest BCUT2D eigenvalue weighted by Crippen LogP contribution is 2.13. The quantitative estimate of drug-likeness (QED) is 0.416. The van der Waals surface area contributed by atoms with Gasteiger partial charge in [0.1, 0.15) is 5.82 Å². The SMILES string of the molecule is Cc1ccc(NC(=S)NNC(=O)Cc2cc(=O)[nH]c(=S)[nH]2)cc1F. The zero-order valence-corrected chi connectivity index (χ0v) is 14.2. The van der Waals surface area contributed by atoms with Gasteiger partial charge in [-0.25, -0.2) is 4.39 Å². The van der Waals surface area contributed by atoms with Gasteiger partial charge in [-0.3, -0.25) is 25.4 Å². The minimum absolute atomic E-state index is 0.0884. The molecule has 1 aromatic heterocycles. The van der Waals surface area contributed by atoms with Crippen molar-refractivity contribution >= 4 is 41.1 Å². The number of thiocarbonyl (C=S) groups is 1. The van der Waals surface area contributed by atoms with Crippen LogP contribution in [0.2, 0.25) is 0 Å². The Hall–Kier alpha value is -2.59. The summed E-state index contributed by atoms with van der Waals surface area (Å²) in [5, 5.41) is 2.82. The van der Waals surface area contributed by atoms with Crippen LogP contribution in [0.3, 0.4) is 0 Å². The fourth-order valence-electron chi connectivity index (χ4n) is 1.79. The second-order valence-corrected chi connectivity index (χ2v) is 5.70. The van der Waals surface area contributed by atoms with Gasteiger partial charge in [-0.2, -0.15) is 0 Å². The Morgan fingerprint density at radius 2 is 2.00 bits per heavy atom. The van der Waals surface area contributed by atoms with E-state index < -0.39 is 11.5 Å². The van der Waals surface area contributed by atoms with E-state index in [-0.39, 0.29) is 22.1 Å². The molecule has 0 saturated heterocycles. The zero-order valence-electron chi connectivity index (χ0n) is 12.5. The zero-order chi connectivity index (χ0) is 17.7. The van der Waals surface area contributed by atoms with Crippen LogP contribution in [-0.2, 0) is 11.2 Å². The van der Waals surface area contributed by atoms with Crippen molar-refractivity contribution in [3.05, 3.63) is 56.5 Å². The van der Waals surface area contributed by atoms with Gasteiger partial charge in [0.2, 0.25) is 5.91 Å². The Balaban J connectivity index is 1.86. The monoisotopic (exact) mass is 367 g/mol. The minimum atomic E-state index is -0.439. The number of carbonyl (C=O) groups excluding carboxylic acids is 1. The first-order valence-electron chi connectivity index (χ1n) is 6.78. The van der Waals surface area contributed by atoms with Gasteiger partial charge in [0.25, 0.3) is 5.56 Å². The standard InChI is InChI=1S/C14H14FN5O2S2/c1-7-2-3-8(4-10(7)15)16-14(24)20-19-12(22)6-9-5-11(21)18-13(23)17-9/h2-5H,6H2,1H3,(H,19,22)(H2,16,20,24)(H2,17,18,21,23). The van der Waals surface area contributed by atoms with Crippen LogP contribution in [0.5, 0.6) is 0 Å². The molecule has 1 heterocycles. The lowest BCUT2D eigenvalue weighted by Crippen LogP contribution is -2.44. The number of rotatable bonds is 3. The number of aryl methyl sites for hydroxylation is 1. The van der Waals surface area contributed by atoms with Crippen molar-refractivity contribution in [1.29, 1.82) is 0 Å². The van der Waals surface area contributed by atoms with Gasteiger partial charge in [0.05, 0.1) is 6.42 Å². The molecule has 1 amide bonds. The predicted molar refractivity (Wildman–Crippen MR) is 94.6 cm³/mol. The van der Waals surface area contributed by atoms with Crippen LogP contribution >= 0.6 is 24.4 Å². The number of aromatic amines is 2. The lowest BCUT2D eigenvalue weighted by molar-refractivity contribution is -0.121. The molecule has 5 N–H and O–H groups in total. The summed E-state index contributed by atoms with van der Waals surface area (Å²) in [6, 6.07) is 5.79. The maximum Gasteiger partial charge on any atom is 0.251 e. The molecule has 1 aromatic carbocycles. The molecule has 0 atom stereocenters. The molecule has 7 nitrogen and oxygen atoms in total. The number of hydrogen-bond donors (Lipinski definition) is 5. The molecule has 0 radical (unpaired) electrons. The summed E-state index contributed by atoms with van der Waals surface area (Å²) < 4.78 is 13.6. The van der Waals surface area contributed by atoms with Crippen LogP contribution in [0.4, 0.5) is 10.1 Å². The summed E-state index contributed by atoms with van der Waals surface area (Å²) >= 11 is 9.82. The first-order chi connectivity index (χ1) is 11.3. The van der Waals surface area contributed by atoms with Crippen molar-refractivity contribution in [2.24, 2.45) is 0 Å². The third kappa shape index (κ3) is 5.25. The lowest BCUT2D eigenvalue weighted by Gasteiger charge is -2.12. The van der Waals surface area contributed by atoms with E-state index in [0.717, 1.165) is 0 Å². The van der Waals surface area contributed by atoms with Gasteiger partial charge in [0, 0.05) is 17.4 Å². The second-order valence-electron chi connectivity index (χ2n) is 4.88. The largest absolute Gasteiger partial charge is 0.335 e. The Morgan fingerprint density at radius 3 is 2.67 bits per heavy atom. The molecule has 0 fully saturated rings. The van der Waals surface area contributed by atoms with Gasteiger partial charge in [0.15, 0.2) is 9.88 Å². The summed E-state index contributed by atoms with van der Waals surface area (Å²) in [7, 11) is 0. The van der Waals surface area contributed by atoms with Crippen molar-refractivity contribution in [1.82, 2.24) is 20.8 Å². The molecular weight excluding hydrogens is 353 g/mol. The number of nitrogens with one attached hydrogen (secondary N) is 5. The maximum atomic E-state index is 13.4. The van der Waals surface area contributed by atoms with E-state index in [1.54, 1.807) is 19.1 Å². The van der Waals surface area contributed by atoms with E-state index in [0.29, 0.717) is 16.9 Å². The summed E-state index contributed by atoms with van der Waals surface area (Å²) in [6.45, 7) is 1.65. The van der Waals surface area contributed by atoms with Crippen molar-refractivity contribution in [2.75, 3.05) is 5.32 Å². The van der Waals surface area contributed by atoms with Crippen molar-refractivity contribution in [2.45, 2.75) is 13.3 Å². The average molecular weight is 367 g/mol. The molecule has 0 saturated carbocycles. The van der Waals surface area contributed by atoms with Gasteiger partial charge in [-0.15, -0.1) is 0 Å². The summed E-state index contributed by atoms with van der Waals surface area (Å²) in [5.74, 6) is -0.804. The van der Waals surface area contributed by atoms with E-state index in [1.165, 1.54) is 12.1 Å². The third-order valence-corrected chi connectivity index (χ3v) is 3.32. The smallest absolute Gasteiger partial charge is 0.251 e. The van der Waals surface area contributed by atoms with E-state index in [2.05, 4.69) is 26.1 Å². The number of anilines is 1. The Labute approximate surface area is 146 Å². The number of amides is 1. The van der Waals surface area contributed by atoms with Gasteiger partial charge in [-0.1, -0.05) is 6.07 Å². The molecule has 24 heavy (non-hydrogen) atoms. The molecule has 0 aliphatic heterocycles. The first-order valence-corrected chi connectivity index (χ1v) is 7.59. The fourth-order valence-corrected chi connectivity index (χ4v) is 2.19. The van der Waals surface area contributed by atoms with Gasteiger partial charge in [-0.05, 0) is 49.1 Å². The highest BCUT2D eigenvalue weighted by molar-refractivity contribution is 7.80. The molecule has 0 bridgehead atoms. The molecule has 2 rings (SSSR count). The van der Waals surface area contributed by atoms with Crippen LogP contribution in [0.1, 0.15) is 11.3 Å². The second kappa shape index (κ2) is 7.79. The average Bonchev–Trinajstić information content (AvgIpc) is 2.48. The number of hydrazine groups is 1. The van der Waals surface area contributed by atoms with Crippen LogP contribution in [0.15, 0.2) is 29.1 Å². The number of carbonyl (C=O) groups is 1. The molecule has 10 heteroatoms. The molecule has 0 unspecified atom stereocenters. The number of benzene rings is 1. The molecule has 126 valence electrons. The summed E-state index contributed by atoms with van der Waals surface area (Å²) in [6.07, 6.45) is -0.0949. The van der Waals surface area contributed by atoms with Crippen molar-refractivity contribution < 1.29 is 9.18 Å². The number of aromatic nitrogens is 2. The number of H-pyrrole nitrogens is 2. The van der Waals surface area contributed by atoms with E-state index in [4.69, 9.17) is 24.4 Å². The van der Waals surface area contributed by atoms with Gasteiger partial charge < -0.3 is 10.3 Å². The summed E-state index contributed by atoms with van der Waals surface area (Å²) in [4.78, 5) is 28.1. The molecule has 0 aliphatic rings. The highest BCUT2D eigenvalue weighted by atomic mass is 32.1. The minimum Gasteiger partial charge on any atom is -0.335 e. The van der Waals surface area contributed by atoms with E-state index in [9.17, 15) is 14.0 Å². The fraction of sp³-hybridized carbons (Fsp3) is 0.143. The van der Waals surface area contributed by atoms with Crippen LogP contribution in [0.25, 0.3) is 0 Å².